The van der Waals surface area contributed by atoms with Crippen LogP contribution in [0.5, 0.6) is 0 Å². The fraction of sp³-hybridized carbons (Fsp3) is 0.526. The number of nitrogens with one attached hydrogen (secondary N) is 2. The zero-order valence-electron chi connectivity index (χ0n) is 15.3. The van der Waals surface area contributed by atoms with E-state index in [0.717, 1.165) is 17.9 Å². The van der Waals surface area contributed by atoms with Crippen LogP contribution in [0, 0.1) is 11.8 Å². The Morgan fingerprint density at radius 2 is 1.77 bits per heavy atom. The third-order valence-electron chi connectivity index (χ3n) is 5.16. The maximum absolute atomic E-state index is 12.9. The molecule has 0 aromatic heterocycles. The van der Waals surface area contributed by atoms with Gasteiger partial charge in [0.05, 0.1) is 11.1 Å². The molecule has 1 aromatic carbocycles. The molecule has 0 aliphatic carbocycles. The third kappa shape index (κ3) is 3.62. The zero-order chi connectivity index (χ0) is 18.1. The van der Waals surface area contributed by atoms with Gasteiger partial charge < -0.3 is 10.6 Å². The fourth-order valence-electron chi connectivity index (χ4n) is 3.63. The highest BCUT2D eigenvalue weighted by Crippen LogP contribution is 2.27. The van der Waals surface area contributed by atoms with E-state index in [1.807, 2.05) is 13.8 Å². The minimum absolute atomic E-state index is 0. The number of imide groups is 1. The van der Waals surface area contributed by atoms with Crippen molar-refractivity contribution in [3.63, 3.8) is 0 Å². The molecule has 0 radical (unpaired) electrons. The van der Waals surface area contributed by atoms with Gasteiger partial charge in [-0.05, 0) is 36.9 Å². The Kier molecular flexibility index (Phi) is 6.42. The molecule has 0 saturated carbocycles. The summed E-state index contributed by atoms with van der Waals surface area (Å²) < 4.78 is 0. The van der Waals surface area contributed by atoms with Crippen LogP contribution >= 0.6 is 12.4 Å². The number of piperidine rings is 1. The van der Waals surface area contributed by atoms with Crippen molar-refractivity contribution in [3.05, 3.63) is 35.4 Å². The lowest BCUT2D eigenvalue weighted by atomic mass is 9.93. The summed E-state index contributed by atoms with van der Waals surface area (Å²) in [4.78, 5) is 39.5. The van der Waals surface area contributed by atoms with Crippen molar-refractivity contribution in [2.24, 2.45) is 11.8 Å². The average molecular weight is 380 g/mol. The summed E-state index contributed by atoms with van der Waals surface area (Å²) in [6, 6.07) is 5.94. The molecule has 2 heterocycles. The van der Waals surface area contributed by atoms with Crippen LogP contribution in [0.4, 0.5) is 0 Å². The largest absolute Gasteiger partial charge is 0.350 e. The summed E-state index contributed by atoms with van der Waals surface area (Å²) in [5.74, 6) is -0.840. The molecule has 2 aliphatic heterocycles. The number of hydrogen-bond acceptors (Lipinski definition) is 4. The number of benzene rings is 1. The average Bonchev–Trinajstić information content (AvgIpc) is 2.83. The van der Waals surface area contributed by atoms with E-state index in [2.05, 4.69) is 17.6 Å². The highest BCUT2D eigenvalue weighted by molar-refractivity contribution is 6.22. The van der Waals surface area contributed by atoms with Gasteiger partial charge in [-0.1, -0.05) is 32.9 Å². The molecule has 3 unspecified atom stereocenters. The van der Waals surface area contributed by atoms with Gasteiger partial charge in [0.15, 0.2) is 0 Å². The summed E-state index contributed by atoms with van der Waals surface area (Å²) in [5.41, 5.74) is 0.748. The van der Waals surface area contributed by atoms with Gasteiger partial charge in [0.2, 0.25) is 5.91 Å². The van der Waals surface area contributed by atoms with Gasteiger partial charge in [0.25, 0.3) is 11.8 Å². The third-order valence-corrected chi connectivity index (χ3v) is 5.16. The minimum atomic E-state index is -0.804. The van der Waals surface area contributed by atoms with Crippen molar-refractivity contribution in [3.8, 4) is 0 Å². The Hall–Kier alpha value is -1.92. The molecule has 1 aromatic rings. The maximum atomic E-state index is 12.9. The Morgan fingerprint density at radius 1 is 1.19 bits per heavy atom. The minimum Gasteiger partial charge on any atom is -0.350 e. The van der Waals surface area contributed by atoms with Gasteiger partial charge in [0.1, 0.15) is 6.04 Å². The van der Waals surface area contributed by atoms with Crippen molar-refractivity contribution < 1.29 is 14.4 Å². The first-order chi connectivity index (χ1) is 11.9. The Bertz CT molecular complexity index is 672. The Balaban J connectivity index is 0.00000243. The standard InChI is InChI=1S/C19H25N3O3.ClH/c1-11(2)16(17(23)21-15-10-20-9-8-12(15)3)22-18(24)13-6-4-5-7-14(13)19(22)25;/h4-7,11-12,15-16,20H,8-10H2,1-3H3,(H,21,23);1H. The molecule has 1 fully saturated rings. The van der Waals surface area contributed by atoms with E-state index >= 15 is 0 Å². The monoisotopic (exact) mass is 379 g/mol. The predicted octanol–water partition coefficient (Wildman–Crippen LogP) is 1.84. The Morgan fingerprint density at radius 3 is 2.27 bits per heavy atom. The molecule has 0 spiro atoms. The van der Waals surface area contributed by atoms with Gasteiger partial charge >= 0.3 is 0 Å². The molecule has 3 atom stereocenters. The summed E-state index contributed by atoms with van der Waals surface area (Å²) in [6.07, 6.45) is 0.990. The van der Waals surface area contributed by atoms with E-state index < -0.39 is 6.04 Å². The van der Waals surface area contributed by atoms with Crippen LogP contribution in [0.1, 0.15) is 47.9 Å². The topological polar surface area (TPSA) is 78.5 Å². The van der Waals surface area contributed by atoms with Crippen molar-refractivity contribution in [1.29, 1.82) is 0 Å². The second-order valence-electron chi connectivity index (χ2n) is 7.30. The molecule has 7 heteroatoms. The molecule has 2 N–H and O–H groups in total. The molecule has 0 bridgehead atoms. The van der Waals surface area contributed by atoms with E-state index in [-0.39, 0.29) is 42.1 Å². The first-order valence-electron chi connectivity index (χ1n) is 8.89. The normalized spacial score (nSPS) is 23.5. The molecule has 142 valence electrons. The van der Waals surface area contributed by atoms with Crippen LogP contribution in [0.25, 0.3) is 0 Å². The fourth-order valence-corrected chi connectivity index (χ4v) is 3.63. The van der Waals surface area contributed by atoms with E-state index in [1.54, 1.807) is 24.3 Å². The van der Waals surface area contributed by atoms with Crippen molar-refractivity contribution in [2.45, 2.75) is 39.3 Å². The van der Waals surface area contributed by atoms with Crippen LogP contribution in [-0.2, 0) is 4.79 Å². The molecule has 3 amide bonds. The van der Waals surface area contributed by atoms with Crippen LogP contribution in [-0.4, -0.2) is 47.8 Å². The lowest BCUT2D eigenvalue weighted by Gasteiger charge is -2.34. The highest BCUT2D eigenvalue weighted by Gasteiger charge is 2.44. The van der Waals surface area contributed by atoms with Crippen LogP contribution in [0.15, 0.2) is 24.3 Å². The maximum Gasteiger partial charge on any atom is 0.262 e. The number of carbonyl (C=O) groups is 3. The number of fused-ring (bicyclic) bond motifs is 1. The van der Waals surface area contributed by atoms with E-state index in [1.165, 1.54) is 0 Å². The number of amides is 3. The molecular formula is C19H26ClN3O3. The zero-order valence-corrected chi connectivity index (χ0v) is 16.1. The van der Waals surface area contributed by atoms with Crippen molar-refractivity contribution in [2.75, 3.05) is 13.1 Å². The SMILES string of the molecule is CC(C)C(C(=O)NC1CNCCC1C)N1C(=O)c2ccccc2C1=O.Cl. The summed E-state index contributed by atoms with van der Waals surface area (Å²) in [7, 11) is 0. The van der Waals surface area contributed by atoms with E-state index in [9.17, 15) is 14.4 Å². The van der Waals surface area contributed by atoms with Gasteiger partial charge in [0, 0.05) is 12.6 Å². The molecule has 6 nitrogen and oxygen atoms in total. The number of hydrogen-bond donors (Lipinski definition) is 2. The number of halogens is 1. The van der Waals surface area contributed by atoms with Gasteiger partial charge in [-0.25, -0.2) is 0 Å². The first-order valence-corrected chi connectivity index (χ1v) is 8.89. The second-order valence-corrected chi connectivity index (χ2v) is 7.30. The summed E-state index contributed by atoms with van der Waals surface area (Å²) in [5, 5.41) is 6.33. The van der Waals surface area contributed by atoms with Crippen LogP contribution in [0.2, 0.25) is 0 Å². The second kappa shape index (κ2) is 8.18. The molecule has 1 saturated heterocycles. The molecular weight excluding hydrogens is 354 g/mol. The number of carbonyl (C=O) groups excluding carboxylic acids is 3. The quantitative estimate of drug-likeness (QED) is 0.782. The van der Waals surface area contributed by atoms with Gasteiger partial charge in [-0.2, -0.15) is 0 Å². The Labute approximate surface area is 160 Å². The highest BCUT2D eigenvalue weighted by atomic mass is 35.5. The summed E-state index contributed by atoms with van der Waals surface area (Å²) in [6.45, 7) is 7.48. The molecule has 3 rings (SSSR count). The number of nitrogens with zero attached hydrogens (tertiary/aromatic N) is 1. The lowest BCUT2D eigenvalue weighted by molar-refractivity contribution is -0.127. The smallest absolute Gasteiger partial charge is 0.262 e. The molecule has 26 heavy (non-hydrogen) atoms. The number of rotatable bonds is 4. The molecule has 2 aliphatic rings. The van der Waals surface area contributed by atoms with Gasteiger partial charge in [-0.3, -0.25) is 19.3 Å². The van der Waals surface area contributed by atoms with E-state index in [4.69, 9.17) is 0 Å². The van der Waals surface area contributed by atoms with Crippen LogP contribution in [0.3, 0.4) is 0 Å². The van der Waals surface area contributed by atoms with Crippen LogP contribution < -0.4 is 10.6 Å². The predicted molar refractivity (Wildman–Crippen MR) is 101 cm³/mol. The summed E-state index contributed by atoms with van der Waals surface area (Å²) >= 11 is 0. The van der Waals surface area contributed by atoms with Gasteiger partial charge in [-0.15, -0.1) is 12.4 Å². The first kappa shape index (κ1) is 20.4. The van der Waals surface area contributed by atoms with Crippen molar-refractivity contribution >= 4 is 30.1 Å². The van der Waals surface area contributed by atoms with Crippen molar-refractivity contribution in [1.82, 2.24) is 15.5 Å². The van der Waals surface area contributed by atoms with E-state index in [0.29, 0.717) is 23.6 Å². The lowest BCUT2D eigenvalue weighted by Crippen LogP contribution is -2.58.